The summed E-state index contributed by atoms with van der Waals surface area (Å²) in [4.78, 5) is 4.16. The predicted molar refractivity (Wildman–Crippen MR) is 71.2 cm³/mol. The van der Waals surface area contributed by atoms with Crippen LogP contribution in [0.15, 0.2) is 18.5 Å². The Kier molecular flexibility index (Phi) is 4.15. The molecule has 1 rings (SSSR count). The fourth-order valence-electron chi connectivity index (χ4n) is 1.34. The number of hydrogen-bond donors (Lipinski definition) is 1. The zero-order valence-corrected chi connectivity index (χ0v) is 11.8. The van der Waals surface area contributed by atoms with Gasteiger partial charge >= 0.3 is 0 Å². The van der Waals surface area contributed by atoms with Crippen LogP contribution in [0.2, 0.25) is 0 Å². The van der Waals surface area contributed by atoms with E-state index in [2.05, 4.69) is 31.1 Å². The molecule has 0 atom stereocenters. The van der Waals surface area contributed by atoms with E-state index in [1.54, 1.807) is 6.20 Å². The first-order valence-electron chi connectivity index (χ1n) is 6.04. The summed E-state index contributed by atoms with van der Waals surface area (Å²) >= 11 is 0. The van der Waals surface area contributed by atoms with Gasteiger partial charge in [-0.25, -0.2) is 0 Å². The van der Waals surface area contributed by atoms with Gasteiger partial charge in [-0.2, -0.15) is 0 Å². The lowest BCUT2D eigenvalue weighted by Gasteiger charge is -2.25. The van der Waals surface area contributed by atoms with Crippen LogP contribution in [-0.4, -0.2) is 16.1 Å². The summed E-state index contributed by atoms with van der Waals surface area (Å²) in [6.45, 7) is 13.4. The molecule has 0 aliphatic carbocycles. The Hall–Kier alpha value is -1.09. The van der Waals surface area contributed by atoms with Crippen molar-refractivity contribution in [2.24, 2.45) is 0 Å². The van der Waals surface area contributed by atoms with Crippen LogP contribution in [-0.2, 0) is 6.54 Å². The van der Waals surface area contributed by atoms with Gasteiger partial charge in [0, 0.05) is 30.0 Å². The van der Waals surface area contributed by atoms with E-state index in [4.69, 9.17) is 4.74 Å². The molecule has 0 fully saturated rings. The van der Waals surface area contributed by atoms with E-state index in [1.807, 2.05) is 33.0 Å². The zero-order valence-electron chi connectivity index (χ0n) is 11.8. The Bertz CT molecular complexity index is 361. The van der Waals surface area contributed by atoms with Crippen molar-refractivity contribution in [3.8, 4) is 5.75 Å². The van der Waals surface area contributed by atoms with E-state index >= 15 is 0 Å². The first-order valence-corrected chi connectivity index (χ1v) is 6.04. The summed E-state index contributed by atoms with van der Waals surface area (Å²) < 4.78 is 5.92. The zero-order chi connectivity index (χ0) is 13.1. The van der Waals surface area contributed by atoms with Gasteiger partial charge in [-0.1, -0.05) is 0 Å². The second-order valence-corrected chi connectivity index (χ2v) is 6.30. The summed E-state index contributed by atoms with van der Waals surface area (Å²) in [5.41, 5.74) is 1.00. The van der Waals surface area contributed by atoms with Crippen molar-refractivity contribution < 1.29 is 4.74 Å². The molecule has 0 aliphatic heterocycles. The molecule has 3 heteroatoms. The molecule has 0 aromatic carbocycles. The topological polar surface area (TPSA) is 34.2 Å². The van der Waals surface area contributed by atoms with Crippen molar-refractivity contribution in [1.82, 2.24) is 10.3 Å². The van der Waals surface area contributed by atoms with Gasteiger partial charge in [0.2, 0.25) is 0 Å². The second-order valence-electron chi connectivity index (χ2n) is 6.30. The van der Waals surface area contributed by atoms with Crippen molar-refractivity contribution in [2.75, 3.05) is 0 Å². The van der Waals surface area contributed by atoms with Crippen LogP contribution in [0.1, 0.15) is 47.1 Å². The minimum Gasteiger partial charge on any atom is -0.488 e. The van der Waals surface area contributed by atoms with E-state index in [0.717, 1.165) is 17.9 Å². The van der Waals surface area contributed by atoms with Crippen molar-refractivity contribution >= 4 is 0 Å². The lowest BCUT2D eigenvalue weighted by atomic mass is 10.1. The lowest BCUT2D eigenvalue weighted by Crippen LogP contribution is -2.35. The first-order chi connectivity index (χ1) is 7.67. The number of rotatable bonds is 3. The molecule has 0 saturated carbocycles. The second kappa shape index (κ2) is 5.05. The third-order valence-electron chi connectivity index (χ3n) is 2.08. The van der Waals surface area contributed by atoms with E-state index in [9.17, 15) is 0 Å². The van der Waals surface area contributed by atoms with E-state index in [0.29, 0.717) is 0 Å². The molecule has 0 amide bonds. The number of nitrogens with one attached hydrogen (secondary N) is 1. The molecule has 96 valence electrons. The minimum atomic E-state index is -0.183. The molecule has 17 heavy (non-hydrogen) atoms. The minimum absolute atomic E-state index is 0.0921. The third-order valence-corrected chi connectivity index (χ3v) is 2.08. The molecule has 1 aromatic rings. The molecule has 1 aromatic heterocycles. The highest BCUT2D eigenvalue weighted by molar-refractivity contribution is 5.30. The Balaban J connectivity index is 2.78. The normalized spacial score (nSPS) is 12.6. The number of ether oxygens (including phenoxy) is 1. The lowest BCUT2D eigenvalue weighted by molar-refractivity contribution is 0.129. The fourth-order valence-corrected chi connectivity index (χ4v) is 1.34. The Morgan fingerprint density at radius 1 is 1.18 bits per heavy atom. The fraction of sp³-hybridized carbons (Fsp3) is 0.643. The highest BCUT2D eigenvalue weighted by atomic mass is 16.5. The van der Waals surface area contributed by atoms with Gasteiger partial charge in [0.05, 0.1) is 0 Å². The van der Waals surface area contributed by atoms with Crippen LogP contribution in [0.25, 0.3) is 0 Å². The maximum Gasteiger partial charge on any atom is 0.127 e. The highest BCUT2D eigenvalue weighted by Crippen LogP contribution is 2.22. The molecule has 0 spiro atoms. The van der Waals surface area contributed by atoms with Crippen LogP contribution in [0, 0.1) is 0 Å². The van der Waals surface area contributed by atoms with E-state index < -0.39 is 0 Å². The quantitative estimate of drug-likeness (QED) is 0.875. The first kappa shape index (κ1) is 14.0. The average molecular weight is 236 g/mol. The molecule has 1 heterocycles. The van der Waals surface area contributed by atoms with Crippen LogP contribution in [0.3, 0.4) is 0 Å². The summed E-state index contributed by atoms with van der Waals surface area (Å²) in [7, 11) is 0. The largest absolute Gasteiger partial charge is 0.488 e. The van der Waals surface area contributed by atoms with E-state index in [1.165, 1.54) is 0 Å². The molecular formula is C14H24N2O. The molecule has 0 aliphatic rings. The Morgan fingerprint density at radius 2 is 1.82 bits per heavy atom. The van der Waals surface area contributed by atoms with Crippen molar-refractivity contribution in [1.29, 1.82) is 0 Å². The van der Waals surface area contributed by atoms with Gasteiger partial charge in [0.25, 0.3) is 0 Å². The van der Waals surface area contributed by atoms with Crippen molar-refractivity contribution in [3.05, 3.63) is 24.0 Å². The molecule has 0 radical (unpaired) electrons. The van der Waals surface area contributed by atoms with Gasteiger partial charge in [0.15, 0.2) is 0 Å². The predicted octanol–water partition coefficient (Wildman–Crippen LogP) is 3.15. The summed E-state index contributed by atoms with van der Waals surface area (Å²) in [5, 5.41) is 3.44. The number of hydrogen-bond acceptors (Lipinski definition) is 3. The molecule has 0 unspecified atom stereocenters. The number of pyridine rings is 1. The summed E-state index contributed by atoms with van der Waals surface area (Å²) in [6.07, 6.45) is 3.63. The molecule has 0 bridgehead atoms. The van der Waals surface area contributed by atoms with Gasteiger partial charge in [-0.05, 0) is 47.6 Å². The van der Waals surface area contributed by atoms with Crippen molar-refractivity contribution in [2.45, 2.75) is 59.2 Å². The maximum atomic E-state index is 5.92. The van der Waals surface area contributed by atoms with Gasteiger partial charge in [-0.3, -0.25) is 4.98 Å². The number of nitrogens with zero attached hydrogens (tertiary/aromatic N) is 1. The van der Waals surface area contributed by atoms with Gasteiger partial charge in [0.1, 0.15) is 11.4 Å². The van der Waals surface area contributed by atoms with Crippen LogP contribution >= 0.6 is 0 Å². The smallest absolute Gasteiger partial charge is 0.127 e. The molecular weight excluding hydrogens is 212 g/mol. The average Bonchev–Trinajstić information content (AvgIpc) is 2.12. The Labute approximate surface area is 105 Å². The summed E-state index contributed by atoms with van der Waals surface area (Å²) in [6, 6.07) is 1.92. The van der Waals surface area contributed by atoms with Gasteiger partial charge in [-0.15, -0.1) is 0 Å². The van der Waals surface area contributed by atoms with Crippen LogP contribution in [0.5, 0.6) is 5.75 Å². The molecule has 1 N–H and O–H groups in total. The van der Waals surface area contributed by atoms with Crippen molar-refractivity contribution in [3.63, 3.8) is 0 Å². The van der Waals surface area contributed by atoms with Crippen LogP contribution < -0.4 is 10.1 Å². The SMILES string of the molecule is CC(C)(C)NCc1cnccc1OC(C)(C)C. The standard InChI is InChI=1S/C14H24N2O/c1-13(2,3)16-10-11-9-15-8-7-12(11)17-14(4,5)6/h7-9,16H,10H2,1-6H3. The van der Waals surface area contributed by atoms with E-state index in [-0.39, 0.29) is 11.1 Å². The summed E-state index contributed by atoms with van der Waals surface area (Å²) in [5.74, 6) is 0.907. The van der Waals surface area contributed by atoms with Crippen LogP contribution in [0.4, 0.5) is 0 Å². The number of aromatic nitrogens is 1. The Morgan fingerprint density at radius 3 is 2.35 bits per heavy atom. The third kappa shape index (κ3) is 5.68. The van der Waals surface area contributed by atoms with Gasteiger partial charge < -0.3 is 10.1 Å². The monoisotopic (exact) mass is 236 g/mol. The molecule has 3 nitrogen and oxygen atoms in total. The molecule has 0 saturated heterocycles. The maximum absolute atomic E-state index is 5.92. The highest BCUT2D eigenvalue weighted by Gasteiger charge is 2.16.